The van der Waals surface area contributed by atoms with Crippen LogP contribution in [0.2, 0.25) is 0 Å². The Labute approximate surface area is 114 Å². The number of rotatable bonds is 5. The van der Waals surface area contributed by atoms with Gasteiger partial charge < -0.3 is 15.2 Å². The number of hydrogen-bond donors (Lipinski definition) is 1. The fourth-order valence-corrected chi connectivity index (χ4v) is 1.84. The molecule has 0 radical (unpaired) electrons. The highest BCUT2D eigenvalue weighted by Gasteiger charge is 2.01. The van der Waals surface area contributed by atoms with Crippen molar-refractivity contribution in [3.8, 4) is 11.5 Å². The predicted octanol–water partition coefficient (Wildman–Crippen LogP) is 3.21. The zero-order chi connectivity index (χ0) is 13.7. The first-order valence-electron chi connectivity index (χ1n) is 6.31. The summed E-state index contributed by atoms with van der Waals surface area (Å²) in [5.41, 5.74) is 8.91. The first-order valence-corrected chi connectivity index (χ1v) is 6.31. The van der Waals surface area contributed by atoms with E-state index in [9.17, 15) is 0 Å². The average molecular weight is 257 g/mol. The van der Waals surface area contributed by atoms with Gasteiger partial charge in [-0.3, -0.25) is 0 Å². The van der Waals surface area contributed by atoms with E-state index < -0.39 is 0 Å². The number of benzene rings is 2. The second-order valence-corrected chi connectivity index (χ2v) is 4.49. The van der Waals surface area contributed by atoms with Crippen LogP contribution in [0.25, 0.3) is 0 Å². The Kier molecular flexibility index (Phi) is 4.29. The smallest absolute Gasteiger partial charge is 0.142 e. The third-order valence-electron chi connectivity index (χ3n) is 2.98. The zero-order valence-electron chi connectivity index (χ0n) is 11.3. The lowest BCUT2D eigenvalue weighted by Gasteiger charge is -2.10. The number of ether oxygens (including phenoxy) is 2. The molecule has 0 amide bonds. The molecule has 0 aliphatic carbocycles. The van der Waals surface area contributed by atoms with Crippen molar-refractivity contribution in [3.05, 3.63) is 53.6 Å². The number of anilines is 1. The van der Waals surface area contributed by atoms with Gasteiger partial charge in [0.05, 0.1) is 19.4 Å². The molecule has 0 aliphatic heterocycles. The monoisotopic (exact) mass is 257 g/mol. The standard InChI is InChI=1S/C16H19NO2/c1-12-3-8-15(17)16(11-12)19-10-9-13-4-6-14(18-2)7-5-13/h3-8,11H,9-10,17H2,1-2H3. The van der Waals surface area contributed by atoms with Crippen LogP contribution in [0.5, 0.6) is 11.5 Å². The van der Waals surface area contributed by atoms with E-state index in [0.717, 1.165) is 23.5 Å². The van der Waals surface area contributed by atoms with Crippen LogP contribution in [-0.4, -0.2) is 13.7 Å². The Balaban J connectivity index is 1.90. The number of hydrogen-bond acceptors (Lipinski definition) is 3. The topological polar surface area (TPSA) is 44.5 Å². The minimum atomic E-state index is 0.611. The molecule has 100 valence electrons. The third-order valence-corrected chi connectivity index (χ3v) is 2.98. The second-order valence-electron chi connectivity index (χ2n) is 4.49. The lowest BCUT2D eigenvalue weighted by atomic mass is 10.1. The van der Waals surface area contributed by atoms with Crippen LogP contribution in [-0.2, 0) is 6.42 Å². The minimum Gasteiger partial charge on any atom is -0.497 e. The molecule has 0 aromatic heterocycles. The maximum atomic E-state index is 5.87. The molecule has 0 heterocycles. The Morgan fingerprint density at radius 1 is 1.05 bits per heavy atom. The summed E-state index contributed by atoms with van der Waals surface area (Å²) in [5.74, 6) is 1.63. The van der Waals surface area contributed by atoms with Crippen molar-refractivity contribution < 1.29 is 9.47 Å². The molecule has 0 bridgehead atoms. The SMILES string of the molecule is COc1ccc(CCOc2cc(C)ccc2N)cc1. The number of methoxy groups -OCH3 is 1. The van der Waals surface area contributed by atoms with Crippen LogP contribution in [0.4, 0.5) is 5.69 Å². The van der Waals surface area contributed by atoms with E-state index in [1.165, 1.54) is 5.56 Å². The second kappa shape index (κ2) is 6.14. The van der Waals surface area contributed by atoms with E-state index in [4.69, 9.17) is 15.2 Å². The normalized spacial score (nSPS) is 10.2. The lowest BCUT2D eigenvalue weighted by Crippen LogP contribution is -2.03. The van der Waals surface area contributed by atoms with Gasteiger partial charge in [-0.2, -0.15) is 0 Å². The first-order chi connectivity index (χ1) is 9.19. The molecule has 3 heteroatoms. The third kappa shape index (κ3) is 3.65. The lowest BCUT2D eigenvalue weighted by molar-refractivity contribution is 0.323. The predicted molar refractivity (Wildman–Crippen MR) is 77.8 cm³/mol. The summed E-state index contributed by atoms with van der Waals surface area (Å²) in [6.45, 7) is 2.63. The highest BCUT2D eigenvalue weighted by Crippen LogP contribution is 2.22. The maximum absolute atomic E-state index is 5.87. The van der Waals surface area contributed by atoms with Gasteiger partial charge in [-0.25, -0.2) is 0 Å². The van der Waals surface area contributed by atoms with E-state index >= 15 is 0 Å². The molecule has 0 fully saturated rings. The number of aryl methyl sites for hydroxylation is 1. The van der Waals surface area contributed by atoms with Crippen LogP contribution in [0.15, 0.2) is 42.5 Å². The van der Waals surface area contributed by atoms with Gasteiger partial charge in [0.15, 0.2) is 0 Å². The summed E-state index contributed by atoms with van der Waals surface area (Å²) in [6.07, 6.45) is 0.845. The Bertz CT molecular complexity index is 535. The van der Waals surface area contributed by atoms with Gasteiger partial charge in [0.25, 0.3) is 0 Å². The van der Waals surface area contributed by atoms with E-state index in [-0.39, 0.29) is 0 Å². The molecule has 0 aliphatic rings. The van der Waals surface area contributed by atoms with Crippen molar-refractivity contribution in [2.75, 3.05) is 19.5 Å². The van der Waals surface area contributed by atoms with E-state index in [2.05, 4.69) is 0 Å². The van der Waals surface area contributed by atoms with Crippen molar-refractivity contribution in [1.29, 1.82) is 0 Å². The van der Waals surface area contributed by atoms with Crippen molar-refractivity contribution >= 4 is 5.69 Å². The minimum absolute atomic E-state index is 0.611. The molecular weight excluding hydrogens is 238 g/mol. The van der Waals surface area contributed by atoms with Gasteiger partial charge in [-0.05, 0) is 42.3 Å². The molecule has 2 aromatic carbocycles. The van der Waals surface area contributed by atoms with Crippen LogP contribution in [0.1, 0.15) is 11.1 Å². The van der Waals surface area contributed by atoms with Crippen LogP contribution >= 0.6 is 0 Å². The molecule has 0 atom stereocenters. The zero-order valence-corrected chi connectivity index (χ0v) is 11.3. The fourth-order valence-electron chi connectivity index (χ4n) is 1.84. The largest absolute Gasteiger partial charge is 0.497 e. The molecule has 2 rings (SSSR count). The number of nitrogen functional groups attached to an aromatic ring is 1. The molecule has 19 heavy (non-hydrogen) atoms. The van der Waals surface area contributed by atoms with Gasteiger partial charge in [-0.1, -0.05) is 18.2 Å². The number of nitrogens with two attached hydrogens (primary N) is 1. The summed E-state index contributed by atoms with van der Waals surface area (Å²) in [7, 11) is 1.67. The van der Waals surface area contributed by atoms with Gasteiger partial charge >= 0.3 is 0 Å². The molecule has 2 aromatic rings. The summed E-state index contributed by atoms with van der Waals surface area (Å²) in [4.78, 5) is 0. The average Bonchev–Trinajstić information content (AvgIpc) is 2.43. The van der Waals surface area contributed by atoms with Gasteiger partial charge in [0, 0.05) is 6.42 Å². The van der Waals surface area contributed by atoms with Crippen LogP contribution in [0, 0.1) is 6.92 Å². The molecular formula is C16H19NO2. The molecule has 0 unspecified atom stereocenters. The first kappa shape index (κ1) is 13.3. The maximum Gasteiger partial charge on any atom is 0.142 e. The van der Waals surface area contributed by atoms with Crippen molar-refractivity contribution in [2.24, 2.45) is 0 Å². The van der Waals surface area contributed by atoms with Crippen molar-refractivity contribution in [2.45, 2.75) is 13.3 Å². The van der Waals surface area contributed by atoms with Gasteiger partial charge in [-0.15, -0.1) is 0 Å². The van der Waals surface area contributed by atoms with E-state index in [0.29, 0.717) is 12.3 Å². The Hall–Kier alpha value is -2.16. The van der Waals surface area contributed by atoms with Gasteiger partial charge in [0.1, 0.15) is 11.5 Å². The highest BCUT2D eigenvalue weighted by molar-refractivity contribution is 5.53. The summed E-state index contributed by atoms with van der Waals surface area (Å²) in [6, 6.07) is 13.8. The van der Waals surface area contributed by atoms with Gasteiger partial charge in [0.2, 0.25) is 0 Å². The Morgan fingerprint density at radius 3 is 2.47 bits per heavy atom. The molecule has 0 saturated heterocycles. The Morgan fingerprint density at radius 2 is 1.79 bits per heavy atom. The summed E-state index contributed by atoms with van der Waals surface area (Å²) >= 11 is 0. The van der Waals surface area contributed by atoms with Crippen molar-refractivity contribution in [1.82, 2.24) is 0 Å². The highest BCUT2D eigenvalue weighted by atomic mass is 16.5. The molecule has 2 N–H and O–H groups in total. The van der Waals surface area contributed by atoms with E-state index in [1.54, 1.807) is 7.11 Å². The molecule has 0 saturated carbocycles. The van der Waals surface area contributed by atoms with Crippen LogP contribution in [0.3, 0.4) is 0 Å². The summed E-state index contributed by atoms with van der Waals surface area (Å²) in [5, 5.41) is 0. The fraction of sp³-hybridized carbons (Fsp3) is 0.250. The molecule has 0 spiro atoms. The summed E-state index contributed by atoms with van der Waals surface area (Å²) < 4.78 is 10.8. The quantitative estimate of drug-likeness (QED) is 0.836. The van der Waals surface area contributed by atoms with E-state index in [1.807, 2.05) is 49.4 Å². The molecule has 3 nitrogen and oxygen atoms in total. The van der Waals surface area contributed by atoms with Crippen LogP contribution < -0.4 is 15.2 Å². The van der Waals surface area contributed by atoms with Crippen molar-refractivity contribution in [3.63, 3.8) is 0 Å².